The maximum atomic E-state index is 13.8. The van der Waals surface area contributed by atoms with Crippen LogP contribution < -0.4 is 5.32 Å². The third kappa shape index (κ3) is 2.91. The van der Waals surface area contributed by atoms with E-state index in [0.29, 0.717) is 5.69 Å². The smallest absolute Gasteiger partial charge is 0.146 e. The van der Waals surface area contributed by atoms with Gasteiger partial charge in [0.05, 0.1) is 11.7 Å². The summed E-state index contributed by atoms with van der Waals surface area (Å²) in [5.74, 6) is -0.218. The molecule has 1 aliphatic rings. The molecule has 0 amide bonds. The number of hydrogen-bond donors (Lipinski definition) is 1. The fourth-order valence-electron chi connectivity index (χ4n) is 2.34. The second-order valence-electron chi connectivity index (χ2n) is 4.39. The highest BCUT2D eigenvalue weighted by atomic mass is 19.1. The zero-order chi connectivity index (χ0) is 12.1. The molecule has 1 aromatic heterocycles. The predicted molar refractivity (Wildman–Crippen MR) is 67.2 cm³/mol. The zero-order valence-corrected chi connectivity index (χ0v) is 10.2. The minimum Gasteiger partial charge on any atom is -0.305 e. The highest BCUT2D eigenvalue weighted by molar-refractivity contribution is 5.24. The van der Waals surface area contributed by atoms with Gasteiger partial charge in [-0.05, 0) is 44.4 Å². The predicted octanol–water partition coefficient (Wildman–Crippen LogP) is 3.37. The van der Waals surface area contributed by atoms with Crippen molar-refractivity contribution in [3.8, 4) is 0 Å². The lowest BCUT2D eigenvalue weighted by Crippen LogP contribution is -2.25. The molecular weight excluding hydrogens is 215 g/mol. The van der Waals surface area contributed by atoms with Crippen molar-refractivity contribution in [3.63, 3.8) is 0 Å². The van der Waals surface area contributed by atoms with E-state index in [1.54, 1.807) is 12.3 Å². The molecule has 0 saturated carbocycles. The van der Waals surface area contributed by atoms with Crippen LogP contribution >= 0.6 is 0 Å². The van der Waals surface area contributed by atoms with Crippen LogP contribution in [-0.2, 0) is 0 Å². The Hall–Kier alpha value is -1.22. The summed E-state index contributed by atoms with van der Waals surface area (Å²) >= 11 is 0. The molecule has 0 aromatic carbocycles. The van der Waals surface area contributed by atoms with Crippen molar-refractivity contribution in [2.75, 3.05) is 6.54 Å². The molecule has 1 unspecified atom stereocenters. The number of allylic oxidation sites excluding steroid dienone is 1. The maximum absolute atomic E-state index is 13.8. The SMILES string of the molecule is CCNC(C1=CCCCC1)c1ncccc1F. The third-order valence-corrected chi connectivity index (χ3v) is 3.17. The van der Waals surface area contributed by atoms with Crippen molar-refractivity contribution in [1.82, 2.24) is 10.3 Å². The van der Waals surface area contributed by atoms with Crippen molar-refractivity contribution in [2.24, 2.45) is 0 Å². The Bertz CT molecular complexity index is 401. The Morgan fingerprint density at radius 1 is 1.47 bits per heavy atom. The molecule has 1 aromatic rings. The van der Waals surface area contributed by atoms with E-state index >= 15 is 0 Å². The molecule has 1 heterocycles. The Balaban J connectivity index is 2.28. The lowest BCUT2D eigenvalue weighted by atomic mass is 9.91. The fourth-order valence-corrected chi connectivity index (χ4v) is 2.34. The number of pyridine rings is 1. The van der Waals surface area contributed by atoms with Gasteiger partial charge in [0.15, 0.2) is 0 Å². The van der Waals surface area contributed by atoms with Crippen molar-refractivity contribution >= 4 is 0 Å². The number of aromatic nitrogens is 1. The first-order chi connectivity index (χ1) is 8.33. The van der Waals surface area contributed by atoms with Crippen molar-refractivity contribution in [1.29, 1.82) is 0 Å². The number of rotatable bonds is 4. The number of nitrogens with zero attached hydrogens (tertiary/aromatic N) is 1. The first-order valence-corrected chi connectivity index (χ1v) is 6.35. The molecule has 2 rings (SSSR count). The highest BCUT2D eigenvalue weighted by Gasteiger charge is 2.21. The van der Waals surface area contributed by atoms with Gasteiger partial charge in [-0.3, -0.25) is 4.98 Å². The van der Waals surface area contributed by atoms with Gasteiger partial charge in [-0.1, -0.05) is 18.6 Å². The molecule has 92 valence electrons. The second kappa shape index (κ2) is 5.92. The molecule has 2 nitrogen and oxygen atoms in total. The molecule has 3 heteroatoms. The number of halogens is 1. The van der Waals surface area contributed by atoms with E-state index in [-0.39, 0.29) is 11.9 Å². The van der Waals surface area contributed by atoms with Crippen LogP contribution in [-0.4, -0.2) is 11.5 Å². The summed E-state index contributed by atoms with van der Waals surface area (Å²) in [6.45, 7) is 2.86. The van der Waals surface area contributed by atoms with Crippen LogP contribution in [0.1, 0.15) is 44.3 Å². The van der Waals surface area contributed by atoms with Gasteiger partial charge in [-0.15, -0.1) is 0 Å². The van der Waals surface area contributed by atoms with E-state index in [1.807, 2.05) is 6.92 Å². The monoisotopic (exact) mass is 234 g/mol. The van der Waals surface area contributed by atoms with Crippen molar-refractivity contribution in [2.45, 2.75) is 38.6 Å². The topological polar surface area (TPSA) is 24.9 Å². The van der Waals surface area contributed by atoms with Crippen LogP contribution in [0.25, 0.3) is 0 Å². The minimum absolute atomic E-state index is 0.0542. The summed E-state index contributed by atoms with van der Waals surface area (Å²) in [6.07, 6.45) is 8.49. The van der Waals surface area contributed by atoms with Crippen LogP contribution in [0, 0.1) is 5.82 Å². The largest absolute Gasteiger partial charge is 0.305 e. The molecule has 0 radical (unpaired) electrons. The van der Waals surface area contributed by atoms with E-state index in [1.165, 1.54) is 24.5 Å². The van der Waals surface area contributed by atoms with E-state index < -0.39 is 0 Å². The van der Waals surface area contributed by atoms with Crippen LogP contribution in [0.4, 0.5) is 4.39 Å². The Morgan fingerprint density at radius 3 is 3.00 bits per heavy atom. The van der Waals surface area contributed by atoms with Crippen LogP contribution in [0.3, 0.4) is 0 Å². The lowest BCUT2D eigenvalue weighted by molar-refractivity contribution is 0.513. The summed E-state index contributed by atoms with van der Waals surface area (Å²) in [6, 6.07) is 3.06. The number of hydrogen-bond acceptors (Lipinski definition) is 2. The molecule has 0 fully saturated rings. The lowest BCUT2D eigenvalue weighted by Gasteiger charge is -2.23. The molecule has 0 aliphatic heterocycles. The van der Waals surface area contributed by atoms with Crippen molar-refractivity contribution in [3.05, 3.63) is 41.5 Å². The molecule has 0 bridgehead atoms. The van der Waals surface area contributed by atoms with Gasteiger partial charge in [0.2, 0.25) is 0 Å². The van der Waals surface area contributed by atoms with Crippen LogP contribution in [0.5, 0.6) is 0 Å². The number of nitrogens with one attached hydrogen (secondary N) is 1. The summed E-state index contributed by atoms with van der Waals surface area (Å²) in [4.78, 5) is 4.19. The Morgan fingerprint density at radius 2 is 2.35 bits per heavy atom. The van der Waals surface area contributed by atoms with Crippen molar-refractivity contribution < 1.29 is 4.39 Å². The van der Waals surface area contributed by atoms with E-state index in [4.69, 9.17) is 0 Å². The average molecular weight is 234 g/mol. The molecule has 17 heavy (non-hydrogen) atoms. The van der Waals surface area contributed by atoms with Gasteiger partial charge in [-0.25, -0.2) is 4.39 Å². The maximum Gasteiger partial charge on any atom is 0.146 e. The molecule has 0 spiro atoms. The summed E-state index contributed by atoms with van der Waals surface area (Å²) in [7, 11) is 0. The molecule has 0 saturated heterocycles. The molecular formula is C14H19FN2. The van der Waals surface area contributed by atoms with Gasteiger partial charge >= 0.3 is 0 Å². The normalized spacial score (nSPS) is 17.6. The van der Waals surface area contributed by atoms with E-state index in [0.717, 1.165) is 19.4 Å². The van der Waals surface area contributed by atoms with Gasteiger partial charge < -0.3 is 5.32 Å². The zero-order valence-electron chi connectivity index (χ0n) is 10.2. The van der Waals surface area contributed by atoms with Gasteiger partial charge in [0.1, 0.15) is 5.82 Å². The first kappa shape index (κ1) is 12.2. The van der Waals surface area contributed by atoms with Gasteiger partial charge in [0, 0.05) is 6.20 Å². The molecule has 1 N–H and O–H groups in total. The quantitative estimate of drug-likeness (QED) is 0.808. The van der Waals surface area contributed by atoms with Crippen LogP contribution in [0.15, 0.2) is 30.0 Å². The summed E-state index contributed by atoms with van der Waals surface area (Å²) in [5.41, 5.74) is 1.82. The average Bonchev–Trinajstić information content (AvgIpc) is 2.38. The number of likely N-dealkylation sites (N-methyl/N-ethyl adjacent to an activating group) is 1. The standard InChI is InChI=1S/C14H19FN2/c1-2-16-13(11-7-4-3-5-8-11)14-12(15)9-6-10-17-14/h6-7,9-10,13,16H,2-5,8H2,1H3. The van der Waals surface area contributed by atoms with E-state index in [9.17, 15) is 4.39 Å². The summed E-state index contributed by atoms with van der Waals surface area (Å²) in [5, 5.41) is 3.34. The highest BCUT2D eigenvalue weighted by Crippen LogP contribution is 2.29. The minimum atomic E-state index is -0.218. The molecule has 1 aliphatic carbocycles. The van der Waals surface area contributed by atoms with Crippen LogP contribution in [0.2, 0.25) is 0 Å². The Kier molecular flexibility index (Phi) is 4.26. The van der Waals surface area contributed by atoms with Gasteiger partial charge in [0.25, 0.3) is 0 Å². The van der Waals surface area contributed by atoms with Gasteiger partial charge in [-0.2, -0.15) is 0 Å². The Labute approximate surface area is 102 Å². The summed E-state index contributed by atoms with van der Waals surface area (Å²) < 4.78 is 13.8. The third-order valence-electron chi connectivity index (χ3n) is 3.17. The fraction of sp³-hybridized carbons (Fsp3) is 0.500. The van der Waals surface area contributed by atoms with E-state index in [2.05, 4.69) is 16.4 Å². The first-order valence-electron chi connectivity index (χ1n) is 6.35. The second-order valence-corrected chi connectivity index (χ2v) is 4.39. The molecule has 1 atom stereocenters.